The molecule has 25 heteroatoms. The number of benzene rings is 5. The van der Waals surface area contributed by atoms with E-state index in [2.05, 4.69) is 39.9 Å². The van der Waals surface area contributed by atoms with E-state index in [0.29, 0.717) is 22.1 Å². The van der Waals surface area contributed by atoms with Crippen molar-refractivity contribution in [3.05, 3.63) is 155 Å². The van der Waals surface area contributed by atoms with Gasteiger partial charge in [-0.05, 0) is 85.6 Å². The van der Waals surface area contributed by atoms with E-state index in [1.807, 2.05) is 107 Å². The van der Waals surface area contributed by atoms with E-state index in [9.17, 15) is 56.4 Å². The number of carboxylic acid groups (broad SMARTS) is 1. The predicted octanol–water partition coefficient (Wildman–Crippen LogP) is 13.8. The maximum absolute atomic E-state index is 12.1. The number of nitrogens with zero attached hydrogens (tertiary/aromatic N) is 6. The number of phenols is 4. The van der Waals surface area contributed by atoms with E-state index in [0.717, 1.165) is 90.5 Å². The molecule has 81 heavy (non-hydrogen) atoms. The van der Waals surface area contributed by atoms with E-state index >= 15 is 0 Å². The topological polar surface area (TPSA) is 229 Å². The number of aliphatic carboxylic acids is 1. The summed E-state index contributed by atoms with van der Waals surface area (Å²) in [5.74, 6) is -2.37. The Labute approximate surface area is 488 Å². The average Bonchev–Trinajstić information content (AvgIpc) is 3.44. The number of fused-ring (bicyclic) bond motifs is 4. The Kier molecular flexibility index (Phi) is 24.5. The number of hydrogen-bond donors (Lipinski definition) is 5. The molecule has 9 aromatic rings. The quantitative estimate of drug-likeness (QED) is 0.0534. The van der Waals surface area contributed by atoms with Crippen molar-refractivity contribution < 1.29 is 106 Å². The van der Waals surface area contributed by atoms with Gasteiger partial charge in [0.1, 0.15) is 68.3 Å². The SMILES string of the molecule is CC(=O)OI(OC(=O)C(F)(F)F)c1ccccc1.CCCCN(c1ccc2cccc(O)c2n1)c1ccc2cccc(O)c2n1.CCCCN(c1ccc2cccc(O)c2n1)c1ccc2cccc(O)c2n1.O=C(O)C(F)(F)F.[Co].[Co]. The van der Waals surface area contributed by atoms with Gasteiger partial charge in [-0.25, -0.2) is 24.7 Å². The molecule has 0 aliphatic carbocycles. The number of pyridine rings is 4. The van der Waals surface area contributed by atoms with Gasteiger partial charge in [-0.2, -0.15) is 13.2 Å². The second-order valence-corrected chi connectivity index (χ2v) is 20.2. The summed E-state index contributed by atoms with van der Waals surface area (Å²) >= 11 is -3.42. The first-order valence-electron chi connectivity index (χ1n) is 24.0. The molecule has 0 saturated heterocycles. The fourth-order valence-corrected chi connectivity index (χ4v) is 10.0. The van der Waals surface area contributed by atoms with Gasteiger partial charge in [0, 0.05) is 68.2 Å². The smallest absolute Gasteiger partial charge is 0.490 e. The zero-order valence-electron chi connectivity index (χ0n) is 42.9. The number of aromatic nitrogens is 4. The number of carbonyl (C=O) groups excluding carboxylic acids is 2. The van der Waals surface area contributed by atoms with Crippen LogP contribution in [0.2, 0.25) is 0 Å². The zero-order valence-corrected chi connectivity index (χ0v) is 47.2. The van der Waals surface area contributed by atoms with Gasteiger partial charge in [0.05, 0.1) is 0 Å². The van der Waals surface area contributed by atoms with Crippen LogP contribution < -0.4 is 9.80 Å². The molecule has 4 aromatic heterocycles. The van der Waals surface area contributed by atoms with Crippen molar-refractivity contribution >= 4 is 105 Å². The van der Waals surface area contributed by atoms with Gasteiger partial charge in [-0.15, -0.1) is 0 Å². The molecule has 0 aliphatic heterocycles. The second-order valence-electron chi connectivity index (χ2n) is 16.8. The molecular weight excluding hydrogens is 1280 g/mol. The molecule has 9 rings (SSSR count). The largest absolute Gasteiger partial charge is 0.506 e. The standard InChI is InChI=1S/2C22H21N3O2.C10H8F3IO4.C2HF3O2.2Co/c2*1-2-3-14-25(19-12-10-15-6-4-8-17(26)21(15)23-19)20-13-11-16-7-5-9-18(27)22(16)24-20;1-7(15)17-14(8-5-3-2-4-6-8)18-9(16)10(11,12)13;3-2(4,5)1(6)7;;/h2*4-13,26-27H,2-3,14H2,1H3;2-6H,1H3;(H,6,7);;. The summed E-state index contributed by atoms with van der Waals surface area (Å²) in [6.07, 6.45) is -6.17. The molecular formula is C56H51Co2F6IN6O10. The summed E-state index contributed by atoms with van der Waals surface area (Å²) in [6, 6.07) is 44.7. The molecule has 5 aromatic carbocycles. The van der Waals surface area contributed by atoms with Crippen LogP contribution in [0.3, 0.4) is 0 Å². The number of phenolic OH excluding ortho intramolecular Hbond substituents is 4. The third-order valence-corrected chi connectivity index (χ3v) is 14.6. The number of alkyl halides is 6. The zero-order chi connectivity index (χ0) is 57.4. The van der Waals surface area contributed by atoms with Crippen LogP contribution in [0.25, 0.3) is 43.6 Å². The monoisotopic (exact) mass is 1330 g/mol. The van der Waals surface area contributed by atoms with Crippen LogP contribution in [0.4, 0.5) is 49.6 Å². The van der Waals surface area contributed by atoms with Crippen molar-refractivity contribution in [2.24, 2.45) is 0 Å². The Balaban J connectivity index is 0.000000248. The van der Waals surface area contributed by atoms with Crippen molar-refractivity contribution in [2.45, 2.75) is 58.8 Å². The third kappa shape index (κ3) is 18.1. The molecule has 2 radical (unpaired) electrons. The predicted molar refractivity (Wildman–Crippen MR) is 294 cm³/mol. The molecule has 0 saturated carbocycles. The van der Waals surface area contributed by atoms with Gasteiger partial charge in [-0.1, -0.05) is 75.2 Å². The van der Waals surface area contributed by atoms with Crippen molar-refractivity contribution in [3.63, 3.8) is 0 Å². The summed E-state index contributed by atoms with van der Waals surface area (Å²) < 4.78 is 77.2. The van der Waals surface area contributed by atoms with Gasteiger partial charge in [0.15, 0.2) is 0 Å². The van der Waals surface area contributed by atoms with Gasteiger partial charge >= 0.3 is 121 Å². The minimum absolute atomic E-state index is 0. The van der Waals surface area contributed by atoms with Crippen molar-refractivity contribution in [3.8, 4) is 23.0 Å². The van der Waals surface area contributed by atoms with Crippen LogP contribution >= 0.6 is 20.6 Å². The van der Waals surface area contributed by atoms with Crippen LogP contribution in [-0.4, -0.2) is 88.8 Å². The average molecular weight is 1330 g/mol. The molecule has 0 bridgehead atoms. The van der Waals surface area contributed by atoms with E-state index in [1.165, 1.54) is 12.1 Å². The first-order valence-corrected chi connectivity index (χ1v) is 26.9. The Morgan fingerprint density at radius 3 is 1.04 bits per heavy atom. The normalized spacial score (nSPS) is 11.0. The number of anilines is 4. The van der Waals surface area contributed by atoms with E-state index in [1.54, 1.807) is 42.5 Å². The molecule has 432 valence electrons. The fourth-order valence-electron chi connectivity index (χ4n) is 7.24. The van der Waals surface area contributed by atoms with Crippen LogP contribution in [0, 0.1) is 3.57 Å². The van der Waals surface area contributed by atoms with Crippen LogP contribution in [0.1, 0.15) is 46.5 Å². The van der Waals surface area contributed by atoms with Crippen LogP contribution in [0.15, 0.2) is 152 Å². The van der Waals surface area contributed by atoms with Crippen molar-refractivity contribution in [2.75, 3.05) is 22.9 Å². The van der Waals surface area contributed by atoms with Gasteiger partial charge < -0.3 is 35.3 Å². The number of carbonyl (C=O) groups is 3. The Bertz CT molecular complexity index is 3230. The summed E-state index contributed by atoms with van der Waals surface area (Å²) in [4.78, 5) is 53.2. The molecule has 0 spiro atoms. The first kappa shape index (κ1) is 65.8. The van der Waals surface area contributed by atoms with E-state index in [-0.39, 0.29) is 60.1 Å². The van der Waals surface area contributed by atoms with Crippen LogP contribution in [0.5, 0.6) is 23.0 Å². The molecule has 0 fully saturated rings. The maximum atomic E-state index is 12.1. The number of para-hydroxylation sites is 4. The molecule has 0 aliphatic rings. The van der Waals surface area contributed by atoms with Gasteiger partial charge in [0.2, 0.25) is 0 Å². The number of halogens is 7. The van der Waals surface area contributed by atoms with E-state index < -0.39 is 50.9 Å². The molecule has 4 heterocycles. The molecule has 5 N–H and O–H groups in total. The summed E-state index contributed by atoms with van der Waals surface area (Å²) in [6.45, 7) is 6.80. The van der Waals surface area contributed by atoms with Crippen LogP contribution in [-0.2, 0) is 54.1 Å². The maximum Gasteiger partial charge on any atom is 0.490 e. The minimum Gasteiger partial charge on any atom is -0.506 e. The van der Waals surface area contributed by atoms with E-state index in [4.69, 9.17) is 9.90 Å². The van der Waals surface area contributed by atoms with Crippen molar-refractivity contribution in [1.82, 2.24) is 19.9 Å². The fraction of sp³-hybridized carbons (Fsp3) is 0.196. The summed E-state index contributed by atoms with van der Waals surface area (Å²) in [5, 5.41) is 51.4. The Morgan fingerprint density at radius 2 is 0.778 bits per heavy atom. The molecule has 0 atom stereocenters. The third-order valence-electron chi connectivity index (χ3n) is 11.0. The second kappa shape index (κ2) is 30.2. The summed E-state index contributed by atoms with van der Waals surface area (Å²) in [5.41, 5.74) is 2.28. The number of hydrogen-bond acceptors (Lipinski definition) is 15. The first-order chi connectivity index (χ1) is 37.6. The molecule has 0 unspecified atom stereocenters. The number of aromatic hydroxyl groups is 4. The number of unbranched alkanes of at least 4 members (excludes halogenated alkanes) is 2. The Morgan fingerprint density at radius 1 is 0.469 bits per heavy atom. The molecule has 16 nitrogen and oxygen atoms in total. The number of rotatable bonds is 13. The van der Waals surface area contributed by atoms with Crippen molar-refractivity contribution in [1.29, 1.82) is 0 Å². The number of carboxylic acids is 1. The minimum atomic E-state index is -5.11. The van der Waals surface area contributed by atoms with Gasteiger partial charge in [-0.3, -0.25) is 0 Å². The van der Waals surface area contributed by atoms with Gasteiger partial charge in [0.25, 0.3) is 0 Å². The summed E-state index contributed by atoms with van der Waals surface area (Å²) in [7, 11) is 0. The molecule has 0 amide bonds. The Hall–Kier alpha value is -7.73.